The van der Waals surface area contributed by atoms with Crippen LogP contribution in [0.4, 0.5) is 26.3 Å². The van der Waals surface area contributed by atoms with Gasteiger partial charge in [-0.15, -0.1) is 0 Å². The highest BCUT2D eigenvalue weighted by atomic mass is 31.2. The number of carbonyl (C=O) groups excluding carboxylic acids is 1. The summed E-state index contributed by atoms with van der Waals surface area (Å²) in [5.41, 5.74) is -9.12. The zero-order chi connectivity index (χ0) is 22.3. The highest BCUT2D eigenvalue weighted by Crippen LogP contribution is 2.64. The molecule has 166 valence electrons. The second-order valence-electron chi connectivity index (χ2n) is 6.43. The van der Waals surface area contributed by atoms with Gasteiger partial charge in [-0.2, -0.15) is 31.2 Å². The van der Waals surface area contributed by atoms with Crippen molar-refractivity contribution in [2.24, 2.45) is 5.92 Å². The highest BCUT2D eigenvalue weighted by molar-refractivity contribution is 7.53. The van der Waals surface area contributed by atoms with Gasteiger partial charge >= 0.3 is 31.3 Å². The maximum atomic E-state index is 13.8. The molecule has 1 aliphatic rings. The van der Waals surface area contributed by atoms with Crippen LogP contribution >= 0.6 is 7.60 Å². The Balaban J connectivity index is 4.03. The van der Waals surface area contributed by atoms with E-state index in [1.807, 2.05) is 0 Å². The van der Waals surface area contributed by atoms with Gasteiger partial charge in [0.2, 0.25) is 0 Å². The lowest BCUT2D eigenvalue weighted by Crippen LogP contribution is -2.73. The van der Waals surface area contributed by atoms with Crippen LogP contribution < -0.4 is 0 Å². The van der Waals surface area contributed by atoms with Crippen LogP contribution in [0.15, 0.2) is 0 Å². The van der Waals surface area contributed by atoms with Crippen molar-refractivity contribution in [1.29, 1.82) is 0 Å². The monoisotopic (exact) mass is 447 g/mol. The molecule has 0 bridgehead atoms. The van der Waals surface area contributed by atoms with Crippen molar-refractivity contribution in [3.8, 4) is 0 Å². The van der Waals surface area contributed by atoms with Crippen molar-refractivity contribution in [2.75, 3.05) is 14.2 Å². The Morgan fingerprint density at radius 1 is 1.14 bits per heavy atom. The van der Waals surface area contributed by atoms with Gasteiger partial charge in [0.1, 0.15) is 12.4 Å². The molecule has 0 amide bonds. The number of rotatable bonds is 7. The molecule has 2 unspecified atom stereocenters. The topological polar surface area (TPSA) is 106 Å². The van der Waals surface area contributed by atoms with E-state index < -0.39 is 60.7 Å². The third-order valence-corrected chi connectivity index (χ3v) is 5.49. The average Bonchev–Trinajstić information content (AvgIpc) is 2.83. The Labute approximate surface area is 155 Å². The van der Waals surface area contributed by atoms with E-state index in [-0.39, 0.29) is 6.29 Å². The van der Waals surface area contributed by atoms with Crippen molar-refractivity contribution in [1.82, 2.24) is 4.90 Å². The van der Waals surface area contributed by atoms with Crippen molar-refractivity contribution in [2.45, 2.75) is 56.1 Å². The summed E-state index contributed by atoms with van der Waals surface area (Å²) in [7, 11) is -5.09. The summed E-state index contributed by atoms with van der Waals surface area (Å²) >= 11 is 0. The Kier molecular flexibility index (Phi) is 7.06. The standard InChI is InChI=1S/C13H20F6NO7P/c1-7(2)5-8-9(6-21)27-10(11(14,15)16,12(17,18)19)20(8)13(25-3,26-4)28(22,23)24/h6-9H,5H2,1-4H3,(H2,22,23,24). The molecule has 2 N–H and O–H groups in total. The summed E-state index contributed by atoms with van der Waals surface area (Å²) in [5, 5.41) is 0. The first-order valence-electron chi connectivity index (χ1n) is 7.68. The number of hydrogen-bond donors (Lipinski definition) is 2. The summed E-state index contributed by atoms with van der Waals surface area (Å²) in [6.45, 7) is 2.83. The minimum atomic E-state index is -6.28. The maximum absolute atomic E-state index is 13.8. The molecule has 15 heteroatoms. The van der Waals surface area contributed by atoms with E-state index >= 15 is 0 Å². The molecule has 0 spiro atoms. The number of aldehydes is 1. The van der Waals surface area contributed by atoms with Gasteiger partial charge in [-0.3, -0.25) is 4.57 Å². The first kappa shape index (κ1) is 25.3. The number of nitrogens with zero attached hydrogens (tertiary/aromatic N) is 1. The summed E-state index contributed by atoms with van der Waals surface area (Å²) in [6.07, 6.45) is -15.7. The van der Waals surface area contributed by atoms with Gasteiger partial charge in [0, 0.05) is 14.2 Å². The molecule has 1 heterocycles. The van der Waals surface area contributed by atoms with Crippen LogP contribution in [0.1, 0.15) is 20.3 Å². The van der Waals surface area contributed by atoms with Crippen LogP contribution in [0.5, 0.6) is 0 Å². The van der Waals surface area contributed by atoms with E-state index in [4.69, 9.17) is 0 Å². The van der Waals surface area contributed by atoms with Crippen LogP contribution in [0.25, 0.3) is 0 Å². The van der Waals surface area contributed by atoms with Gasteiger partial charge in [0.25, 0.3) is 0 Å². The molecule has 0 aromatic heterocycles. The van der Waals surface area contributed by atoms with E-state index in [0.717, 1.165) is 0 Å². The van der Waals surface area contributed by atoms with E-state index in [9.17, 15) is 45.5 Å². The zero-order valence-corrected chi connectivity index (χ0v) is 16.0. The zero-order valence-electron chi connectivity index (χ0n) is 15.1. The Morgan fingerprint density at radius 3 is 1.82 bits per heavy atom. The molecule has 1 fully saturated rings. The van der Waals surface area contributed by atoms with Crippen LogP contribution in [0.2, 0.25) is 0 Å². The summed E-state index contributed by atoms with van der Waals surface area (Å²) < 4.78 is 108. The van der Waals surface area contributed by atoms with Gasteiger partial charge in [-0.05, 0) is 12.3 Å². The fourth-order valence-corrected chi connectivity index (χ4v) is 4.23. The fraction of sp³-hybridized carbons (Fsp3) is 0.923. The lowest BCUT2D eigenvalue weighted by atomic mass is 9.98. The van der Waals surface area contributed by atoms with Crippen molar-refractivity contribution >= 4 is 13.9 Å². The van der Waals surface area contributed by atoms with E-state index in [2.05, 4.69) is 14.2 Å². The molecular formula is C13H20F6NO7P. The molecule has 1 rings (SSSR count). The second-order valence-corrected chi connectivity index (χ2v) is 8.08. The highest BCUT2D eigenvalue weighted by Gasteiger charge is 2.85. The second kappa shape index (κ2) is 7.82. The van der Waals surface area contributed by atoms with Crippen molar-refractivity contribution < 1.29 is 59.7 Å². The molecule has 0 aromatic carbocycles. The molecule has 0 saturated carbocycles. The largest absolute Gasteiger partial charge is 0.441 e. The van der Waals surface area contributed by atoms with Crippen molar-refractivity contribution in [3.05, 3.63) is 0 Å². The predicted octanol–water partition coefficient (Wildman–Crippen LogP) is 2.20. The summed E-state index contributed by atoms with van der Waals surface area (Å²) in [5.74, 6) is -0.598. The Hall–Kier alpha value is -0.760. The van der Waals surface area contributed by atoms with E-state index in [0.29, 0.717) is 14.2 Å². The van der Waals surface area contributed by atoms with Gasteiger partial charge in [-0.1, -0.05) is 13.8 Å². The number of hydrogen-bond acceptors (Lipinski definition) is 6. The molecule has 28 heavy (non-hydrogen) atoms. The molecule has 0 radical (unpaired) electrons. The first-order valence-corrected chi connectivity index (χ1v) is 9.30. The third kappa shape index (κ3) is 3.71. The van der Waals surface area contributed by atoms with E-state index in [1.165, 1.54) is 13.8 Å². The Bertz CT molecular complexity index is 601. The first-order chi connectivity index (χ1) is 12.5. The van der Waals surface area contributed by atoms with Crippen LogP contribution in [0.3, 0.4) is 0 Å². The van der Waals surface area contributed by atoms with Crippen LogP contribution in [-0.4, -0.2) is 71.1 Å². The quantitative estimate of drug-likeness (QED) is 0.265. The number of halogens is 6. The third-order valence-electron chi connectivity index (χ3n) is 4.18. The van der Waals surface area contributed by atoms with Gasteiger partial charge in [0.15, 0.2) is 0 Å². The smallest absolute Gasteiger partial charge is 0.332 e. The number of methoxy groups -OCH3 is 2. The van der Waals surface area contributed by atoms with Gasteiger partial charge in [0.05, 0.1) is 6.04 Å². The molecule has 1 saturated heterocycles. The SMILES string of the molecule is COC(OC)(N1C(CC(C)C)C(C=O)OC1(C(F)(F)F)C(F)(F)F)P(=O)(O)O. The number of alkyl halides is 6. The minimum absolute atomic E-state index is 0.297. The molecule has 2 atom stereocenters. The Morgan fingerprint density at radius 2 is 1.57 bits per heavy atom. The fourth-order valence-electron chi connectivity index (χ4n) is 3.19. The molecule has 1 aliphatic heterocycles. The van der Waals surface area contributed by atoms with Gasteiger partial charge < -0.3 is 28.8 Å². The predicted molar refractivity (Wildman–Crippen MR) is 79.7 cm³/mol. The molecular weight excluding hydrogens is 427 g/mol. The lowest BCUT2D eigenvalue weighted by molar-refractivity contribution is -0.443. The number of carbonyl (C=O) groups is 1. The average molecular weight is 447 g/mol. The van der Waals surface area contributed by atoms with Gasteiger partial charge in [-0.25, -0.2) is 0 Å². The van der Waals surface area contributed by atoms with Crippen molar-refractivity contribution in [3.63, 3.8) is 0 Å². The number of ether oxygens (including phenoxy) is 3. The van der Waals surface area contributed by atoms with E-state index in [1.54, 1.807) is 0 Å². The van der Waals surface area contributed by atoms with Crippen LogP contribution in [0, 0.1) is 5.92 Å². The molecule has 0 aromatic rings. The lowest BCUT2D eigenvalue weighted by Gasteiger charge is -2.49. The minimum Gasteiger partial charge on any atom is -0.332 e. The molecule has 8 nitrogen and oxygen atoms in total. The normalized spacial score (nSPS) is 24.8. The summed E-state index contributed by atoms with van der Waals surface area (Å²) in [4.78, 5) is 29.7. The summed E-state index contributed by atoms with van der Waals surface area (Å²) in [6, 6.07) is -2.09. The maximum Gasteiger partial charge on any atom is 0.441 e. The molecule has 0 aliphatic carbocycles. The van der Waals surface area contributed by atoms with Crippen LogP contribution in [-0.2, 0) is 23.6 Å².